The van der Waals surface area contributed by atoms with Crippen LogP contribution in [0.4, 0.5) is 15.8 Å². The summed E-state index contributed by atoms with van der Waals surface area (Å²) in [5.74, 6) is -0.680. The molecule has 2 fully saturated rings. The smallest absolute Gasteiger partial charge is 0.249 e. The fourth-order valence-electron chi connectivity index (χ4n) is 4.14. The van der Waals surface area contributed by atoms with Gasteiger partial charge in [0.25, 0.3) is 0 Å². The van der Waals surface area contributed by atoms with Crippen molar-refractivity contribution < 1.29 is 14.0 Å². The van der Waals surface area contributed by atoms with Gasteiger partial charge < -0.3 is 10.6 Å². The molecule has 31 heavy (non-hydrogen) atoms. The van der Waals surface area contributed by atoms with Crippen molar-refractivity contribution in [2.45, 2.75) is 51.2 Å². The Morgan fingerprint density at radius 1 is 1.03 bits per heavy atom. The Bertz CT molecular complexity index is 943. The van der Waals surface area contributed by atoms with Crippen LogP contribution < -0.4 is 16.0 Å². The van der Waals surface area contributed by atoms with Crippen LogP contribution in [0, 0.1) is 5.82 Å². The van der Waals surface area contributed by atoms with Crippen LogP contribution in [-0.4, -0.2) is 35.8 Å². The van der Waals surface area contributed by atoms with Gasteiger partial charge in [-0.25, -0.2) is 4.39 Å². The third-order valence-electron chi connectivity index (χ3n) is 5.90. The second-order valence-electron chi connectivity index (χ2n) is 8.34. The standard InChI is InChI=1S/C24H29FN4O2/c25-21-13-17(7-8-18(21)16-29-11-2-1-3-12-29)15-26-19-5-4-6-20(14-19)27-22-9-10-23(30)28-24(22)31/h4-8,13-14,22,26-27H,1-3,9-12,15-16H2,(H,28,30,31). The van der Waals surface area contributed by atoms with Crippen LogP contribution in [0.25, 0.3) is 0 Å². The SMILES string of the molecule is O=C1CCC(Nc2cccc(NCc3ccc(CN4CCCCC4)c(F)c3)c2)C(=O)N1. The second-order valence-corrected chi connectivity index (χ2v) is 8.34. The maximum absolute atomic E-state index is 14.6. The van der Waals surface area contributed by atoms with Gasteiger partial charge in [0, 0.05) is 36.4 Å². The van der Waals surface area contributed by atoms with Crippen molar-refractivity contribution in [2.24, 2.45) is 0 Å². The van der Waals surface area contributed by atoms with Crippen molar-refractivity contribution in [1.82, 2.24) is 10.2 Å². The lowest BCUT2D eigenvalue weighted by molar-refractivity contribution is -0.133. The fourth-order valence-corrected chi connectivity index (χ4v) is 4.14. The number of hydrogen-bond donors (Lipinski definition) is 3. The molecule has 7 heteroatoms. The number of imide groups is 1. The van der Waals surface area contributed by atoms with Crippen molar-refractivity contribution in [3.63, 3.8) is 0 Å². The number of piperidine rings is 2. The Balaban J connectivity index is 1.32. The van der Waals surface area contributed by atoms with Crippen molar-refractivity contribution in [1.29, 1.82) is 0 Å². The zero-order valence-electron chi connectivity index (χ0n) is 17.6. The third kappa shape index (κ3) is 5.82. The van der Waals surface area contributed by atoms with Crippen molar-refractivity contribution in [2.75, 3.05) is 23.7 Å². The molecule has 1 unspecified atom stereocenters. The molecule has 0 aliphatic carbocycles. The zero-order valence-corrected chi connectivity index (χ0v) is 17.6. The predicted octanol–water partition coefficient (Wildman–Crippen LogP) is 3.64. The molecule has 3 N–H and O–H groups in total. The highest BCUT2D eigenvalue weighted by molar-refractivity contribution is 6.01. The molecule has 0 spiro atoms. The largest absolute Gasteiger partial charge is 0.381 e. The number of likely N-dealkylation sites (tertiary alicyclic amines) is 1. The molecule has 0 radical (unpaired) electrons. The molecule has 164 valence electrons. The van der Waals surface area contributed by atoms with E-state index in [9.17, 15) is 14.0 Å². The highest BCUT2D eigenvalue weighted by Gasteiger charge is 2.26. The van der Waals surface area contributed by atoms with Gasteiger partial charge in [-0.05, 0) is 62.2 Å². The number of nitrogens with one attached hydrogen (secondary N) is 3. The fraction of sp³-hybridized carbons (Fsp3) is 0.417. The molecule has 6 nitrogen and oxygen atoms in total. The lowest BCUT2D eigenvalue weighted by Crippen LogP contribution is -2.47. The van der Waals surface area contributed by atoms with Crippen LogP contribution >= 0.6 is 0 Å². The normalized spacial score (nSPS) is 19.7. The number of rotatable bonds is 7. The highest BCUT2D eigenvalue weighted by atomic mass is 19.1. The second kappa shape index (κ2) is 9.92. The van der Waals surface area contributed by atoms with E-state index in [0.717, 1.165) is 35.6 Å². The van der Waals surface area contributed by atoms with E-state index >= 15 is 0 Å². The summed E-state index contributed by atoms with van der Waals surface area (Å²) >= 11 is 0. The van der Waals surface area contributed by atoms with Gasteiger partial charge >= 0.3 is 0 Å². The van der Waals surface area contributed by atoms with Crippen molar-refractivity contribution in [3.8, 4) is 0 Å². The minimum absolute atomic E-state index is 0.154. The van der Waals surface area contributed by atoms with E-state index in [-0.39, 0.29) is 17.6 Å². The van der Waals surface area contributed by atoms with Crippen molar-refractivity contribution in [3.05, 3.63) is 59.4 Å². The maximum Gasteiger partial charge on any atom is 0.249 e. The summed E-state index contributed by atoms with van der Waals surface area (Å²) in [7, 11) is 0. The van der Waals surface area contributed by atoms with Crippen LogP contribution in [0.3, 0.4) is 0 Å². The van der Waals surface area contributed by atoms with E-state index in [1.54, 1.807) is 6.07 Å². The van der Waals surface area contributed by atoms with Crippen LogP contribution in [-0.2, 0) is 22.7 Å². The molecule has 2 aliphatic rings. The van der Waals surface area contributed by atoms with E-state index in [2.05, 4.69) is 20.9 Å². The predicted molar refractivity (Wildman–Crippen MR) is 119 cm³/mol. The molecule has 0 aromatic heterocycles. The van der Waals surface area contributed by atoms with E-state index in [1.165, 1.54) is 19.3 Å². The number of carbonyl (C=O) groups is 2. The van der Waals surface area contributed by atoms with Crippen LogP contribution in [0.2, 0.25) is 0 Å². The summed E-state index contributed by atoms with van der Waals surface area (Å²) in [4.78, 5) is 25.6. The summed E-state index contributed by atoms with van der Waals surface area (Å²) in [6.45, 7) is 3.27. The molecule has 1 atom stereocenters. The number of amides is 2. The van der Waals surface area contributed by atoms with E-state index in [1.807, 2.05) is 36.4 Å². The maximum atomic E-state index is 14.6. The molecular weight excluding hydrogens is 395 g/mol. The van der Waals surface area contributed by atoms with Gasteiger partial charge in [-0.15, -0.1) is 0 Å². The topological polar surface area (TPSA) is 73.5 Å². The van der Waals surface area contributed by atoms with Crippen LogP contribution in [0.15, 0.2) is 42.5 Å². The molecule has 0 saturated carbocycles. The Hall–Kier alpha value is -2.93. The molecule has 2 aliphatic heterocycles. The Morgan fingerprint density at radius 3 is 2.61 bits per heavy atom. The van der Waals surface area contributed by atoms with Gasteiger partial charge in [-0.3, -0.25) is 19.8 Å². The number of anilines is 2. The summed E-state index contributed by atoms with van der Waals surface area (Å²) in [5.41, 5.74) is 3.29. The Labute approximate surface area is 182 Å². The van der Waals surface area contributed by atoms with E-state index < -0.39 is 6.04 Å². The monoisotopic (exact) mass is 424 g/mol. The average molecular weight is 425 g/mol. The molecule has 2 saturated heterocycles. The molecule has 2 aromatic carbocycles. The van der Waals surface area contributed by atoms with E-state index in [0.29, 0.717) is 25.9 Å². The van der Waals surface area contributed by atoms with E-state index in [4.69, 9.17) is 0 Å². The van der Waals surface area contributed by atoms with Crippen LogP contribution in [0.5, 0.6) is 0 Å². The number of halogens is 1. The third-order valence-corrected chi connectivity index (χ3v) is 5.90. The van der Waals surface area contributed by atoms with Crippen LogP contribution in [0.1, 0.15) is 43.2 Å². The lowest BCUT2D eigenvalue weighted by atomic mass is 10.1. The first-order chi connectivity index (χ1) is 15.1. The number of nitrogens with zero attached hydrogens (tertiary/aromatic N) is 1. The molecule has 4 rings (SSSR count). The Kier molecular flexibility index (Phi) is 6.82. The van der Waals surface area contributed by atoms with Gasteiger partial charge in [0.05, 0.1) is 0 Å². The highest BCUT2D eigenvalue weighted by Crippen LogP contribution is 2.20. The molecular formula is C24H29FN4O2. The zero-order chi connectivity index (χ0) is 21.6. The first-order valence-electron chi connectivity index (χ1n) is 11.0. The molecule has 0 bridgehead atoms. The van der Waals surface area contributed by atoms with Crippen molar-refractivity contribution >= 4 is 23.2 Å². The van der Waals surface area contributed by atoms with Gasteiger partial charge in [-0.2, -0.15) is 0 Å². The van der Waals surface area contributed by atoms with Gasteiger partial charge in [0.1, 0.15) is 11.9 Å². The van der Waals surface area contributed by atoms with Gasteiger partial charge in [0.2, 0.25) is 11.8 Å². The minimum atomic E-state index is -0.422. The first-order valence-corrected chi connectivity index (χ1v) is 11.0. The summed E-state index contributed by atoms with van der Waals surface area (Å²) in [6, 6.07) is 12.7. The summed E-state index contributed by atoms with van der Waals surface area (Å²) < 4.78 is 14.6. The first kappa shape index (κ1) is 21.3. The number of carbonyl (C=O) groups excluding carboxylic acids is 2. The van der Waals surface area contributed by atoms with Gasteiger partial charge in [-0.1, -0.05) is 24.6 Å². The quantitative estimate of drug-likeness (QED) is 0.592. The Morgan fingerprint density at radius 2 is 1.84 bits per heavy atom. The molecule has 2 heterocycles. The number of benzene rings is 2. The minimum Gasteiger partial charge on any atom is -0.381 e. The molecule has 2 aromatic rings. The summed E-state index contributed by atoms with van der Waals surface area (Å²) in [6.07, 6.45) is 4.47. The number of hydrogen-bond acceptors (Lipinski definition) is 5. The summed E-state index contributed by atoms with van der Waals surface area (Å²) in [5, 5.41) is 8.84. The van der Waals surface area contributed by atoms with Gasteiger partial charge in [0.15, 0.2) is 0 Å². The molecule has 2 amide bonds. The lowest BCUT2D eigenvalue weighted by Gasteiger charge is -2.26. The average Bonchev–Trinajstić information content (AvgIpc) is 2.77.